The van der Waals surface area contributed by atoms with Crippen molar-refractivity contribution < 1.29 is 15.3 Å². The third-order valence-corrected chi connectivity index (χ3v) is 10.9. The molecule has 0 spiro atoms. The fraction of sp³-hybridized carbons (Fsp3) is 0.444. The molecule has 4 rings (SSSR count). The van der Waals surface area contributed by atoms with E-state index >= 15 is 0 Å². The van der Waals surface area contributed by atoms with E-state index < -0.39 is 0 Å². The molecule has 0 aromatic heterocycles. The lowest BCUT2D eigenvalue weighted by Crippen LogP contribution is -2.18. The Balaban J connectivity index is 2.10. The minimum Gasteiger partial charge on any atom is -0.507 e. The van der Waals surface area contributed by atoms with Crippen LogP contribution in [0.25, 0.3) is 16.7 Å². The number of phenolic OH excluding ortho intramolecular Hbond substituents is 3. The van der Waals surface area contributed by atoms with Crippen molar-refractivity contribution in [2.75, 3.05) is 0 Å². The lowest BCUT2D eigenvalue weighted by Gasteiger charge is -2.29. The van der Waals surface area contributed by atoms with Crippen molar-refractivity contribution in [2.45, 2.75) is 157 Å². The highest BCUT2D eigenvalue weighted by molar-refractivity contribution is 5.88. The molecule has 0 bridgehead atoms. The molecule has 0 unspecified atom stereocenters. The van der Waals surface area contributed by atoms with E-state index in [2.05, 4.69) is 163 Å². The molecule has 0 saturated heterocycles. The Morgan fingerprint density at radius 1 is 0.333 bits per heavy atom. The molecule has 0 saturated carbocycles. The maximum Gasteiger partial charge on any atom is 0.123 e. The Bertz CT molecular complexity index is 1880. The van der Waals surface area contributed by atoms with Crippen molar-refractivity contribution in [3.63, 3.8) is 0 Å². The summed E-state index contributed by atoms with van der Waals surface area (Å²) in [5.41, 5.74) is 9.56. The zero-order valence-corrected chi connectivity index (χ0v) is 38.4. The van der Waals surface area contributed by atoms with E-state index in [4.69, 9.17) is 0 Å². The highest BCUT2D eigenvalue weighted by Crippen LogP contribution is 2.46. The molecule has 3 radical (unpaired) electrons. The normalized spacial score (nSPS) is 13.2. The number of aromatic hydroxyl groups is 3. The molecule has 0 atom stereocenters. The summed E-state index contributed by atoms with van der Waals surface area (Å²) in [6.45, 7) is 51.8. The molecule has 3 N–H and O–H groups in total. The highest BCUT2D eigenvalue weighted by Gasteiger charge is 2.31. The molecule has 0 amide bonds. The van der Waals surface area contributed by atoms with E-state index in [0.29, 0.717) is 50.7 Å². The zero-order chi connectivity index (χ0) is 43.8. The van der Waals surface area contributed by atoms with E-state index in [1.165, 1.54) is 0 Å². The van der Waals surface area contributed by atoms with Gasteiger partial charge in [-0.15, -0.1) is 0 Å². The first-order chi connectivity index (χ1) is 25.5. The van der Waals surface area contributed by atoms with Crippen molar-refractivity contribution >= 4 is 16.7 Å². The van der Waals surface area contributed by atoms with Crippen LogP contribution >= 0.6 is 0 Å². The smallest absolute Gasteiger partial charge is 0.123 e. The Morgan fingerprint density at radius 2 is 0.474 bits per heavy atom. The summed E-state index contributed by atoms with van der Waals surface area (Å²) in [5.74, 6) is 0.909. The summed E-state index contributed by atoms with van der Waals surface area (Å²) >= 11 is 0. The minimum absolute atomic E-state index is 0.303. The third-order valence-electron chi connectivity index (χ3n) is 10.9. The number of hydrogen-bond acceptors (Lipinski definition) is 3. The second-order valence-corrected chi connectivity index (χ2v) is 22.2. The van der Waals surface area contributed by atoms with Gasteiger partial charge in [-0.25, -0.2) is 0 Å². The summed E-state index contributed by atoms with van der Waals surface area (Å²) in [6.07, 6.45) is 0. The minimum atomic E-state index is -0.333. The van der Waals surface area contributed by atoms with Gasteiger partial charge < -0.3 is 15.3 Å². The molecule has 0 heterocycles. The second kappa shape index (κ2) is 14.7. The highest BCUT2D eigenvalue weighted by atomic mass is 16.3. The fourth-order valence-electron chi connectivity index (χ4n) is 7.21. The molecule has 3 nitrogen and oxygen atoms in total. The van der Waals surface area contributed by atoms with Crippen LogP contribution in [0.5, 0.6) is 17.2 Å². The summed E-state index contributed by atoms with van der Waals surface area (Å²) in [4.78, 5) is 0. The fourth-order valence-corrected chi connectivity index (χ4v) is 7.21. The van der Waals surface area contributed by atoms with Gasteiger partial charge in [0.2, 0.25) is 0 Å². The molecular weight excluding hydrogens is 697 g/mol. The lowest BCUT2D eigenvalue weighted by molar-refractivity contribution is 0.422. The van der Waals surface area contributed by atoms with Crippen LogP contribution < -0.4 is 0 Å². The third kappa shape index (κ3) is 9.46. The van der Waals surface area contributed by atoms with Crippen LogP contribution in [0, 0.1) is 18.2 Å². The Labute approximate surface area is 346 Å². The first-order valence-corrected chi connectivity index (χ1v) is 20.2. The van der Waals surface area contributed by atoms with Crippen LogP contribution in [-0.4, -0.2) is 15.3 Å². The SMILES string of the molecule is C=C(c1[c]c(C(=C)c2cc(C(C)(C)C)c(O)c(C(C)(C)C)c2)[c]c(C(=C)c2cc(C(C)(C)C)c(O)c(C(C)(C)C)c2)[c]1)c1cc(C(C)(C)C)c(O)c(C(C)(C)C)c1. The predicted molar refractivity (Wildman–Crippen MR) is 244 cm³/mol. The second-order valence-electron chi connectivity index (χ2n) is 22.2. The Hall–Kier alpha value is -4.50. The van der Waals surface area contributed by atoms with Gasteiger partial charge >= 0.3 is 0 Å². The van der Waals surface area contributed by atoms with E-state index in [1.54, 1.807) is 0 Å². The van der Waals surface area contributed by atoms with Gasteiger partial charge in [0.25, 0.3) is 0 Å². The molecule has 3 heteroatoms. The average molecular weight is 766 g/mol. The van der Waals surface area contributed by atoms with E-state index in [0.717, 1.165) is 50.1 Å². The number of phenols is 3. The average Bonchev–Trinajstić information content (AvgIpc) is 3.04. The molecule has 303 valence electrons. The standard InChI is InChI=1S/C54H69O3/c1-31(37-25-40(49(4,5)6)46(55)41(26-37)50(7,8)9)34-22-35(32(2)38-27-42(51(10,11)12)47(56)43(28-38)52(13,14)15)24-36(23-34)33(3)39-29-44(53(16,17)18)48(57)45(30-39)54(19,20)21/h25-30,55-57H,1-3H2,4-21H3. The van der Waals surface area contributed by atoms with Crippen LogP contribution in [-0.2, 0) is 32.5 Å². The summed E-state index contributed by atoms with van der Waals surface area (Å²) in [5, 5.41) is 34.7. The number of rotatable bonds is 6. The first kappa shape index (κ1) is 45.2. The van der Waals surface area contributed by atoms with Crippen LogP contribution in [0.3, 0.4) is 0 Å². The topological polar surface area (TPSA) is 60.7 Å². The number of hydrogen-bond donors (Lipinski definition) is 3. The van der Waals surface area contributed by atoms with Gasteiger partial charge in [0.05, 0.1) is 0 Å². The lowest BCUT2D eigenvalue weighted by atomic mass is 9.76. The quantitative estimate of drug-likeness (QED) is 0.183. The van der Waals surface area contributed by atoms with Gasteiger partial charge in [0.15, 0.2) is 0 Å². The summed E-state index contributed by atoms with van der Waals surface area (Å²) in [6, 6.07) is 23.0. The van der Waals surface area contributed by atoms with Crippen molar-refractivity contribution in [2.24, 2.45) is 0 Å². The van der Waals surface area contributed by atoms with E-state index in [-0.39, 0.29) is 32.5 Å². The van der Waals surface area contributed by atoms with Gasteiger partial charge in [0.1, 0.15) is 17.2 Å². The van der Waals surface area contributed by atoms with Crippen molar-refractivity contribution in [3.05, 3.63) is 141 Å². The molecule has 0 aliphatic rings. The Morgan fingerprint density at radius 3 is 0.596 bits per heavy atom. The molecule has 0 fully saturated rings. The molecule has 4 aromatic carbocycles. The maximum absolute atomic E-state index is 11.6. The summed E-state index contributed by atoms with van der Waals surface area (Å²) in [7, 11) is 0. The molecule has 0 aliphatic carbocycles. The van der Waals surface area contributed by atoms with Crippen LogP contribution in [0.2, 0.25) is 0 Å². The van der Waals surface area contributed by atoms with Crippen LogP contribution in [0.1, 0.15) is 191 Å². The summed E-state index contributed by atoms with van der Waals surface area (Å²) < 4.78 is 0. The molecule has 57 heavy (non-hydrogen) atoms. The van der Waals surface area contributed by atoms with E-state index in [1.807, 2.05) is 36.4 Å². The van der Waals surface area contributed by atoms with Crippen LogP contribution in [0.4, 0.5) is 0 Å². The van der Waals surface area contributed by atoms with Gasteiger partial charge in [-0.2, -0.15) is 0 Å². The first-order valence-electron chi connectivity index (χ1n) is 20.2. The predicted octanol–water partition coefficient (Wildman–Crippen LogP) is 14.2. The zero-order valence-electron chi connectivity index (χ0n) is 38.4. The van der Waals surface area contributed by atoms with E-state index in [9.17, 15) is 15.3 Å². The molecule has 0 aliphatic heterocycles. The van der Waals surface area contributed by atoms with Crippen molar-refractivity contribution in [1.29, 1.82) is 0 Å². The van der Waals surface area contributed by atoms with Crippen LogP contribution in [0.15, 0.2) is 56.1 Å². The number of benzene rings is 4. The molecule has 4 aromatic rings. The molecular formula is C54H69O3. The maximum atomic E-state index is 11.6. The van der Waals surface area contributed by atoms with Crippen molar-refractivity contribution in [3.8, 4) is 17.2 Å². The van der Waals surface area contributed by atoms with Gasteiger partial charge in [-0.05, 0) is 137 Å². The largest absolute Gasteiger partial charge is 0.507 e. The van der Waals surface area contributed by atoms with Gasteiger partial charge in [-0.1, -0.05) is 144 Å². The Kier molecular flexibility index (Phi) is 11.7. The van der Waals surface area contributed by atoms with Gasteiger partial charge in [-0.3, -0.25) is 0 Å². The van der Waals surface area contributed by atoms with Gasteiger partial charge in [0, 0.05) is 33.4 Å². The van der Waals surface area contributed by atoms with Crippen molar-refractivity contribution in [1.82, 2.24) is 0 Å². The monoisotopic (exact) mass is 766 g/mol.